The first-order valence-electron chi connectivity index (χ1n) is 9.70. The Labute approximate surface area is 169 Å². The third-order valence-corrected chi connectivity index (χ3v) is 6.05. The molecule has 1 N–H and O–H groups in total. The molecule has 0 radical (unpaired) electrons. The summed E-state index contributed by atoms with van der Waals surface area (Å²) in [6, 6.07) is 25.3. The summed E-state index contributed by atoms with van der Waals surface area (Å²) in [6.45, 7) is 0. The highest BCUT2D eigenvalue weighted by atomic mass is 19.1. The van der Waals surface area contributed by atoms with Crippen LogP contribution in [0.2, 0.25) is 0 Å². The zero-order valence-electron chi connectivity index (χ0n) is 16.2. The van der Waals surface area contributed by atoms with Gasteiger partial charge >= 0.3 is 5.97 Å². The molecule has 29 heavy (non-hydrogen) atoms. The Balaban J connectivity index is 1.90. The molecule has 0 aromatic heterocycles. The quantitative estimate of drug-likeness (QED) is 0.653. The molecule has 0 bridgehead atoms. The second kappa shape index (κ2) is 7.80. The van der Waals surface area contributed by atoms with Gasteiger partial charge in [0.25, 0.3) is 0 Å². The largest absolute Gasteiger partial charge is 0.469 e. The minimum atomic E-state index is -1.39. The standard InChI is InChI=1S/C25H23FO3/c1-29-24(27)23-22(18-8-4-2-5-9-18)21(17-12-14-20(26)15-13-17)16-25(23,28)19-10-6-3-7-11-19/h2-15,21-23,28H,16H2,1H3/t21-,22-,23-,25-/m1/s1. The Morgan fingerprint density at radius 2 is 1.52 bits per heavy atom. The number of hydrogen-bond acceptors (Lipinski definition) is 3. The van der Waals surface area contributed by atoms with Crippen molar-refractivity contribution in [3.8, 4) is 0 Å². The van der Waals surface area contributed by atoms with Gasteiger partial charge < -0.3 is 9.84 Å². The fourth-order valence-corrected chi connectivity index (χ4v) is 4.75. The second-order valence-electron chi connectivity index (χ2n) is 7.59. The van der Waals surface area contributed by atoms with Crippen LogP contribution in [0.1, 0.15) is 34.9 Å². The predicted molar refractivity (Wildman–Crippen MR) is 109 cm³/mol. The van der Waals surface area contributed by atoms with Crippen LogP contribution in [0.3, 0.4) is 0 Å². The summed E-state index contributed by atoms with van der Waals surface area (Å²) in [5.41, 5.74) is 1.12. The van der Waals surface area contributed by atoms with Crippen molar-refractivity contribution in [2.45, 2.75) is 23.9 Å². The van der Waals surface area contributed by atoms with Crippen molar-refractivity contribution < 1.29 is 19.0 Å². The number of ether oxygens (including phenoxy) is 1. The van der Waals surface area contributed by atoms with Gasteiger partial charge in [0, 0.05) is 5.92 Å². The maximum Gasteiger partial charge on any atom is 0.312 e. The highest BCUT2D eigenvalue weighted by Gasteiger charge is 2.58. The second-order valence-corrected chi connectivity index (χ2v) is 7.59. The molecule has 4 rings (SSSR count). The van der Waals surface area contributed by atoms with Crippen molar-refractivity contribution in [3.63, 3.8) is 0 Å². The van der Waals surface area contributed by atoms with Gasteiger partial charge in [-0.3, -0.25) is 4.79 Å². The maximum absolute atomic E-state index is 13.5. The van der Waals surface area contributed by atoms with E-state index in [4.69, 9.17) is 4.74 Å². The van der Waals surface area contributed by atoms with Crippen LogP contribution in [0.5, 0.6) is 0 Å². The Kier molecular flexibility index (Phi) is 5.20. The van der Waals surface area contributed by atoms with E-state index >= 15 is 0 Å². The van der Waals surface area contributed by atoms with E-state index in [0.29, 0.717) is 12.0 Å². The number of halogens is 1. The molecule has 4 atom stereocenters. The highest BCUT2D eigenvalue weighted by Crippen LogP contribution is 2.58. The van der Waals surface area contributed by atoms with Crippen LogP contribution in [0, 0.1) is 11.7 Å². The van der Waals surface area contributed by atoms with Crippen LogP contribution in [-0.4, -0.2) is 18.2 Å². The Morgan fingerprint density at radius 1 is 0.931 bits per heavy atom. The number of methoxy groups -OCH3 is 1. The number of carbonyl (C=O) groups excluding carboxylic acids is 1. The average molecular weight is 390 g/mol. The van der Waals surface area contributed by atoms with Crippen LogP contribution in [-0.2, 0) is 15.1 Å². The highest BCUT2D eigenvalue weighted by molar-refractivity contribution is 5.77. The van der Waals surface area contributed by atoms with Gasteiger partial charge in [0.15, 0.2) is 0 Å². The number of carbonyl (C=O) groups is 1. The Bertz CT molecular complexity index is 972. The zero-order valence-corrected chi connectivity index (χ0v) is 16.2. The van der Waals surface area contributed by atoms with Crippen LogP contribution in [0.25, 0.3) is 0 Å². The summed E-state index contributed by atoms with van der Waals surface area (Å²) in [7, 11) is 1.35. The molecule has 3 nitrogen and oxygen atoms in total. The molecule has 1 saturated carbocycles. The number of aliphatic hydroxyl groups is 1. The summed E-state index contributed by atoms with van der Waals surface area (Å²) in [5.74, 6) is -2.03. The molecule has 0 spiro atoms. The van der Waals surface area contributed by atoms with E-state index in [1.807, 2.05) is 60.7 Å². The lowest BCUT2D eigenvalue weighted by Gasteiger charge is -2.31. The van der Waals surface area contributed by atoms with E-state index in [-0.39, 0.29) is 17.7 Å². The number of benzene rings is 3. The third-order valence-electron chi connectivity index (χ3n) is 6.05. The smallest absolute Gasteiger partial charge is 0.312 e. The van der Waals surface area contributed by atoms with Gasteiger partial charge in [0.05, 0.1) is 13.0 Å². The van der Waals surface area contributed by atoms with Crippen molar-refractivity contribution >= 4 is 5.97 Å². The molecule has 4 heteroatoms. The fraction of sp³-hybridized carbons (Fsp3) is 0.240. The third kappa shape index (κ3) is 3.45. The molecule has 1 fully saturated rings. The lowest BCUT2D eigenvalue weighted by Crippen LogP contribution is -2.38. The molecule has 148 valence electrons. The topological polar surface area (TPSA) is 46.5 Å². The van der Waals surface area contributed by atoms with E-state index < -0.39 is 17.5 Å². The predicted octanol–water partition coefficient (Wildman–Crippen LogP) is 4.77. The lowest BCUT2D eigenvalue weighted by molar-refractivity contribution is -0.155. The van der Waals surface area contributed by atoms with Gasteiger partial charge in [-0.05, 0) is 41.2 Å². The molecule has 1 aliphatic carbocycles. The molecule has 0 amide bonds. The van der Waals surface area contributed by atoms with Crippen molar-refractivity contribution in [1.82, 2.24) is 0 Å². The molecule has 0 aliphatic heterocycles. The van der Waals surface area contributed by atoms with Crippen molar-refractivity contribution in [2.24, 2.45) is 5.92 Å². The van der Waals surface area contributed by atoms with Gasteiger partial charge in [-0.25, -0.2) is 4.39 Å². The van der Waals surface area contributed by atoms with Crippen molar-refractivity contribution in [2.75, 3.05) is 7.11 Å². The summed E-state index contributed by atoms with van der Waals surface area (Å²) in [6.07, 6.45) is 0.335. The molecular weight excluding hydrogens is 367 g/mol. The Morgan fingerprint density at radius 3 is 2.10 bits per heavy atom. The first kappa shape index (κ1) is 19.3. The number of esters is 1. The first-order valence-corrected chi connectivity index (χ1v) is 9.70. The van der Waals surface area contributed by atoms with E-state index in [9.17, 15) is 14.3 Å². The SMILES string of the molecule is COC(=O)[C@H]1[C@H](c2ccccc2)[C@@H](c2ccc(F)cc2)C[C@@]1(O)c1ccccc1. The van der Waals surface area contributed by atoms with Gasteiger partial charge in [-0.1, -0.05) is 72.8 Å². The van der Waals surface area contributed by atoms with Gasteiger partial charge in [-0.15, -0.1) is 0 Å². The lowest BCUT2D eigenvalue weighted by atomic mass is 9.77. The number of rotatable bonds is 4. The average Bonchev–Trinajstić information content (AvgIpc) is 3.09. The normalized spacial score (nSPS) is 26.2. The van der Waals surface area contributed by atoms with E-state index in [2.05, 4.69) is 0 Å². The van der Waals surface area contributed by atoms with Crippen molar-refractivity contribution in [3.05, 3.63) is 107 Å². The molecule has 3 aromatic carbocycles. The fourth-order valence-electron chi connectivity index (χ4n) is 4.75. The molecule has 1 aliphatic rings. The van der Waals surface area contributed by atoms with E-state index in [1.165, 1.54) is 19.2 Å². The molecule has 3 aromatic rings. The van der Waals surface area contributed by atoms with E-state index in [0.717, 1.165) is 11.1 Å². The molecule has 0 unspecified atom stereocenters. The van der Waals surface area contributed by atoms with Crippen LogP contribution < -0.4 is 0 Å². The van der Waals surface area contributed by atoms with Crippen LogP contribution in [0.15, 0.2) is 84.9 Å². The summed E-state index contributed by atoms with van der Waals surface area (Å²) < 4.78 is 18.7. The van der Waals surface area contributed by atoms with E-state index in [1.54, 1.807) is 12.1 Å². The summed E-state index contributed by atoms with van der Waals surface area (Å²) >= 11 is 0. The van der Waals surface area contributed by atoms with Crippen molar-refractivity contribution in [1.29, 1.82) is 0 Å². The minimum absolute atomic E-state index is 0.174. The van der Waals surface area contributed by atoms with Gasteiger partial charge in [0.1, 0.15) is 11.4 Å². The molecular formula is C25H23FO3. The molecule has 0 saturated heterocycles. The summed E-state index contributed by atoms with van der Waals surface area (Å²) in [4.78, 5) is 13.0. The van der Waals surface area contributed by atoms with Gasteiger partial charge in [-0.2, -0.15) is 0 Å². The van der Waals surface area contributed by atoms with Crippen LogP contribution in [0.4, 0.5) is 4.39 Å². The van der Waals surface area contributed by atoms with Crippen LogP contribution >= 0.6 is 0 Å². The monoisotopic (exact) mass is 390 g/mol. The number of hydrogen-bond donors (Lipinski definition) is 1. The first-order chi connectivity index (χ1) is 14.0. The van der Waals surface area contributed by atoms with Gasteiger partial charge in [0.2, 0.25) is 0 Å². The molecule has 0 heterocycles. The Hall–Kier alpha value is -2.98. The zero-order chi connectivity index (χ0) is 20.4. The minimum Gasteiger partial charge on any atom is -0.469 e. The summed E-state index contributed by atoms with van der Waals surface area (Å²) in [5, 5.41) is 11.9. The maximum atomic E-state index is 13.5.